The fraction of sp³-hybridized carbons (Fsp3) is 0.455. The molecule has 4 nitrogen and oxygen atoms in total. The van der Waals surface area contributed by atoms with Gasteiger partial charge in [-0.15, -0.1) is 0 Å². The summed E-state index contributed by atoms with van der Waals surface area (Å²) in [5, 5.41) is 6.68. The van der Waals surface area contributed by atoms with Crippen molar-refractivity contribution in [2.24, 2.45) is 0 Å². The van der Waals surface area contributed by atoms with Gasteiger partial charge in [0.1, 0.15) is 0 Å². The molecular weight excluding hydrogens is 224 g/mol. The largest absolute Gasteiger partial charge is 0.351 e. The lowest BCUT2D eigenvalue weighted by Gasteiger charge is -2.21. The maximum atomic E-state index is 12.2. The molecule has 0 aliphatic carbocycles. The van der Waals surface area contributed by atoms with Crippen LogP contribution >= 0.6 is 11.3 Å². The predicted molar refractivity (Wildman–Crippen MR) is 60.3 cm³/mol. The van der Waals surface area contributed by atoms with Crippen LogP contribution in [-0.4, -0.2) is 35.3 Å². The van der Waals surface area contributed by atoms with Crippen molar-refractivity contribution in [2.75, 3.05) is 6.54 Å². The van der Waals surface area contributed by atoms with Crippen LogP contribution in [0.4, 0.5) is 0 Å². The number of carbonyl (C=O) groups excluding carboxylic acids is 2. The Kier molecular flexibility index (Phi) is 2.21. The van der Waals surface area contributed by atoms with Gasteiger partial charge in [0.2, 0.25) is 5.91 Å². The Morgan fingerprint density at radius 2 is 2.44 bits per heavy atom. The van der Waals surface area contributed by atoms with Crippen molar-refractivity contribution in [3.8, 4) is 0 Å². The quantitative estimate of drug-likeness (QED) is 0.786. The highest BCUT2D eigenvalue weighted by atomic mass is 32.1. The van der Waals surface area contributed by atoms with Gasteiger partial charge in [-0.3, -0.25) is 9.59 Å². The summed E-state index contributed by atoms with van der Waals surface area (Å²) in [7, 11) is 0. The summed E-state index contributed by atoms with van der Waals surface area (Å²) in [6.07, 6.45) is 1.34. The number of rotatable bonds is 1. The minimum absolute atomic E-state index is 0.0604. The van der Waals surface area contributed by atoms with Crippen LogP contribution in [-0.2, 0) is 4.79 Å². The number of likely N-dealkylation sites (tertiary alicyclic amines) is 1. The summed E-state index contributed by atoms with van der Waals surface area (Å²) in [5.74, 6) is 0.128. The number of hydrogen-bond donors (Lipinski definition) is 1. The second-order valence-electron chi connectivity index (χ2n) is 4.24. The molecule has 0 spiro atoms. The zero-order chi connectivity index (χ0) is 11.1. The minimum atomic E-state index is 0.0604. The maximum absolute atomic E-state index is 12.2. The molecule has 0 unspecified atom stereocenters. The molecule has 2 fully saturated rings. The van der Waals surface area contributed by atoms with Gasteiger partial charge in [0.15, 0.2) is 0 Å². The number of nitrogens with one attached hydrogen (secondary N) is 1. The van der Waals surface area contributed by atoms with Gasteiger partial charge in [-0.1, -0.05) is 0 Å². The van der Waals surface area contributed by atoms with Gasteiger partial charge in [-0.2, -0.15) is 11.3 Å². The van der Waals surface area contributed by atoms with E-state index >= 15 is 0 Å². The first-order valence-corrected chi connectivity index (χ1v) is 6.32. The van der Waals surface area contributed by atoms with Gasteiger partial charge >= 0.3 is 0 Å². The molecule has 2 aliphatic rings. The summed E-state index contributed by atoms with van der Waals surface area (Å²) < 4.78 is 0. The molecule has 0 saturated carbocycles. The Bertz CT molecular complexity index is 429. The van der Waals surface area contributed by atoms with Crippen LogP contribution in [0.5, 0.6) is 0 Å². The van der Waals surface area contributed by atoms with Crippen LogP contribution in [0.25, 0.3) is 0 Å². The highest BCUT2D eigenvalue weighted by molar-refractivity contribution is 7.08. The van der Waals surface area contributed by atoms with E-state index in [-0.39, 0.29) is 23.9 Å². The van der Waals surface area contributed by atoms with Gasteiger partial charge in [0.05, 0.1) is 17.6 Å². The third-order valence-electron chi connectivity index (χ3n) is 3.32. The molecule has 2 aliphatic heterocycles. The minimum Gasteiger partial charge on any atom is -0.351 e. The first-order chi connectivity index (χ1) is 7.75. The fourth-order valence-electron chi connectivity index (χ4n) is 2.53. The maximum Gasteiger partial charge on any atom is 0.255 e. The monoisotopic (exact) mass is 236 g/mol. The van der Waals surface area contributed by atoms with Gasteiger partial charge < -0.3 is 10.2 Å². The fourth-order valence-corrected chi connectivity index (χ4v) is 3.16. The van der Waals surface area contributed by atoms with Crippen LogP contribution in [0.1, 0.15) is 23.2 Å². The molecule has 2 amide bonds. The zero-order valence-electron chi connectivity index (χ0n) is 8.68. The molecule has 0 bridgehead atoms. The molecule has 1 aromatic rings. The molecule has 5 heteroatoms. The summed E-state index contributed by atoms with van der Waals surface area (Å²) in [6.45, 7) is 0.754. The number of fused-ring (bicyclic) bond motifs is 1. The zero-order valence-corrected chi connectivity index (χ0v) is 9.50. The first kappa shape index (κ1) is 9.84. The van der Waals surface area contributed by atoms with E-state index in [1.807, 2.05) is 21.7 Å². The van der Waals surface area contributed by atoms with Crippen molar-refractivity contribution in [3.63, 3.8) is 0 Å². The Morgan fingerprint density at radius 3 is 3.19 bits per heavy atom. The molecule has 0 aromatic carbocycles. The third kappa shape index (κ3) is 1.43. The number of carbonyl (C=O) groups is 2. The number of hydrogen-bond acceptors (Lipinski definition) is 3. The Morgan fingerprint density at radius 1 is 1.56 bits per heavy atom. The molecular formula is C11H12N2O2S. The molecule has 0 radical (unpaired) electrons. The molecule has 1 aromatic heterocycles. The molecule has 1 N–H and O–H groups in total. The van der Waals surface area contributed by atoms with Crippen molar-refractivity contribution < 1.29 is 9.59 Å². The number of amides is 2. The van der Waals surface area contributed by atoms with Gasteiger partial charge in [0.25, 0.3) is 5.91 Å². The molecule has 3 rings (SSSR count). The average Bonchev–Trinajstić information content (AvgIpc) is 2.90. The average molecular weight is 236 g/mol. The predicted octanol–water partition coefficient (Wildman–Crippen LogP) is 0.851. The smallest absolute Gasteiger partial charge is 0.255 e. The summed E-state index contributed by atoms with van der Waals surface area (Å²) >= 11 is 1.52. The highest BCUT2D eigenvalue weighted by Gasteiger charge is 2.43. The summed E-state index contributed by atoms with van der Waals surface area (Å²) in [5.41, 5.74) is 0.741. The van der Waals surface area contributed by atoms with Crippen molar-refractivity contribution in [1.82, 2.24) is 10.2 Å². The van der Waals surface area contributed by atoms with Crippen molar-refractivity contribution >= 4 is 23.2 Å². The number of nitrogens with zero attached hydrogens (tertiary/aromatic N) is 1. The van der Waals surface area contributed by atoms with Crippen molar-refractivity contribution in [2.45, 2.75) is 24.9 Å². The van der Waals surface area contributed by atoms with E-state index in [0.29, 0.717) is 6.42 Å². The second kappa shape index (κ2) is 3.59. The lowest BCUT2D eigenvalue weighted by molar-refractivity contribution is -0.119. The standard InChI is InChI=1S/C11H12N2O2S/c14-10-5-9-8(12-10)1-3-13(9)11(15)7-2-4-16-6-7/h2,4,6,8-9H,1,3,5H2,(H,12,14)/t8-,9+/m0/s1. The molecule has 2 atom stereocenters. The van der Waals surface area contributed by atoms with E-state index < -0.39 is 0 Å². The summed E-state index contributed by atoms with van der Waals surface area (Å²) in [6, 6.07) is 2.08. The SMILES string of the molecule is O=C1C[C@@H]2[C@H](CCN2C(=O)c2ccsc2)N1. The Labute approximate surface area is 97.2 Å². The van der Waals surface area contributed by atoms with Gasteiger partial charge in [0, 0.05) is 18.3 Å². The first-order valence-electron chi connectivity index (χ1n) is 5.38. The van der Waals surface area contributed by atoms with Crippen LogP contribution in [0.2, 0.25) is 0 Å². The van der Waals surface area contributed by atoms with Gasteiger partial charge in [-0.05, 0) is 17.9 Å². The van der Waals surface area contributed by atoms with E-state index in [2.05, 4.69) is 5.32 Å². The Balaban J connectivity index is 1.81. The van der Waals surface area contributed by atoms with E-state index in [1.54, 1.807) is 0 Å². The third-order valence-corrected chi connectivity index (χ3v) is 4.00. The van der Waals surface area contributed by atoms with E-state index in [4.69, 9.17) is 0 Å². The number of thiophene rings is 1. The lowest BCUT2D eigenvalue weighted by atomic mass is 10.1. The van der Waals surface area contributed by atoms with E-state index in [1.165, 1.54) is 11.3 Å². The summed E-state index contributed by atoms with van der Waals surface area (Å²) in [4.78, 5) is 25.3. The molecule has 16 heavy (non-hydrogen) atoms. The van der Waals surface area contributed by atoms with Crippen molar-refractivity contribution in [3.05, 3.63) is 22.4 Å². The van der Waals surface area contributed by atoms with Crippen LogP contribution in [0, 0.1) is 0 Å². The molecule has 2 saturated heterocycles. The van der Waals surface area contributed by atoms with E-state index in [0.717, 1.165) is 18.5 Å². The van der Waals surface area contributed by atoms with Crippen LogP contribution in [0.3, 0.4) is 0 Å². The van der Waals surface area contributed by atoms with Gasteiger partial charge in [-0.25, -0.2) is 0 Å². The highest BCUT2D eigenvalue weighted by Crippen LogP contribution is 2.27. The second-order valence-corrected chi connectivity index (χ2v) is 5.02. The van der Waals surface area contributed by atoms with Crippen LogP contribution < -0.4 is 5.32 Å². The lowest BCUT2D eigenvalue weighted by Crippen LogP contribution is -2.38. The normalized spacial score (nSPS) is 28.0. The van der Waals surface area contributed by atoms with E-state index in [9.17, 15) is 9.59 Å². The van der Waals surface area contributed by atoms with Crippen LogP contribution in [0.15, 0.2) is 16.8 Å². The van der Waals surface area contributed by atoms with Crippen molar-refractivity contribution in [1.29, 1.82) is 0 Å². The topological polar surface area (TPSA) is 49.4 Å². The molecule has 84 valence electrons. The Hall–Kier alpha value is -1.36. The molecule has 3 heterocycles.